The third-order valence-electron chi connectivity index (χ3n) is 2.80. The van der Waals surface area contributed by atoms with Crippen LogP contribution >= 0.6 is 11.3 Å². The molecule has 0 aliphatic rings. The Balaban J connectivity index is 2.84. The maximum absolute atomic E-state index is 10.8. The smallest absolute Gasteiger partial charge is 0.324 e. The van der Waals surface area contributed by atoms with Crippen molar-refractivity contribution in [2.45, 2.75) is 20.0 Å². The fraction of sp³-hybridized carbons (Fsp3) is 0.500. The van der Waals surface area contributed by atoms with Gasteiger partial charge in [0.15, 0.2) is 0 Å². The van der Waals surface area contributed by atoms with E-state index in [9.17, 15) is 20.0 Å². The van der Waals surface area contributed by atoms with Gasteiger partial charge in [-0.3, -0.25) is 14.9 Å². The summed E-state index contributed by atoms with van der Waals surface area (Å²) in [7, 11) is 0. The van der Waals surface area contributed by atoms with E-state index in [-0.39, 0.29) is 5.00 Å². The lowest BCUT2D eigenvalue weighted by Crippen LogP contribution is -2.23. The Morgan fingerprint density at radius 3 is 2.53 bits per heavy atom. The van der Waals surface area contributed by atoms with Crippen molar-refractivity contribution in [1.82, 2.24) is 0 Å². The number of aliphatic hydroxyl groups excluding tert-OH is 1. The van der Waals surface area contributed by atoms with Gasteiger partial charge in [0.25, 0.3) is 0 Å². The molecule has 94 valence electrons. The first-order valence-electron chi connectivity index (χ1n) is 4.98. The zero-order valence-electron chi connectivity index (χ0n) is 9.36. The summed E-state index contributed by atoms with van der Waals surface area (Å²) in [5.74, 6) is -2.23. The summed E-state index contributed by atoms with van der Waals surface area (Å²) in [5.41, 5.74) is 0.391. The number of carbonyl (C=O) groups is 1. The second-order valence-electron chi connectivity index (χ2n) is 3.91. The van der Waals surface area contributed by atoms with Crippen molar-refractivity contribution in [2.24, 2.45) is 11.8 Å². The highest BCUT2D eigenvalue weighted by Gasteiger charge is 2.28. The number of thiophene rings is 1. The number of rotatable bonds is 5. The van der Waals surface area contributed by atoms with Gasteiger partial charge in [0, 0.05) is 11.4 Å². The lowest BCUT2D eigenvalue weighted by molar-refractivity contribution is -0.380. The van der Waals surface area contributed by atoms with Gasteiger partial charge in [-0.1, -0.05) is 25.2 Å². The Hall–Kier alpha value is -1.47. The van der Waals surface area contributed by atoms with Crippen LogP contribution in [-0.4, -0.2) is 21.1 Å². The number of nitrogens with zero attached hydrogens (tertiary/aromatic N) is 1. The Labute approximate surface area is 102 Å². The second-order valence-corrected chi connectivity index (χ2v) is 4.80. The van der Waals surface area contributed by atoms with E-state index in [1.807, 2.05) is 0 Å². The van der Waals surface area contributed by atoms with E-state index in [1.54, 1.807) is 6.92 Å². The molecule has 1 heterocycles. The van der Waals surface area contributed by atoms with Gasteiger partial charge in [0.2, 0.25) is 0 Å². The number of nitro groups is 1. The normalized spacial score (nSPS) is 16.2. The molecule has 0 amide bonds. The predicted molar refractivity (Wildman–Crippen MR) is 61.9 cm³/mol. The minimum absolute atomic E-state index is 0.0609. The number of aliphatic carboxylic acids is 1. The molecule has 1 aromatic heterocycles. The Kier molecular flexibility index (Phi) is 4.19. The summed E-state index contributed by atoms with van der Waals surface area (Å²) in [5, 5.41) is 30.7. The molecule has 17 heavy (non-hydrogen) atoms. The summed E-state index contributed by atoms with van der Waals surface area (Å²) in [6.45, 7) is 3.10. The first-order valence-corrected chi connectivity index (χ1v) is 5.86. The number of aliphatic hydroxyl groups is 1. The molecule has 0 saturated carbocycles. The number of carboxylic acid groups (broad SMARTS) is 1. The van der Waals surface area contributed by atoms with Gasteiger partial charge < -0.3 is 10.2 Å². The third-order valence-corrected chi connectivity index (χ3v) is 3.70. The summed E-state index contributed by atoms with van der Waals surface area (Å²) in [6.07, 6.45) is -1.01. The molecule has 0 fully saturated rings. The molecule has 0 aromatic carbocycles. The average molecular weight is 259 g/mol. The highest BCUT2D eigenvalue weighted by Crippen LogP contribution is 2.33. The minimum Gasteiger partial charge on any atom is -0.481 e. The first kappa shape index (κ1) is 13.6. The van der Waals surface area contributed by atoms with Crippen molar-refractivity contribution in [3.63, 3.8) is 0 Å². The van der Waals surface area contributed by atoms with E-state index >= 15 is 0 Å². The van der Waals surface area contributed by atoms with Gasteiger partial charge in [-0.15, -0.1) is 0 Å². The standard InChI is InChI=1S/C10H13NO5S/c1-5(6(2)10(13)14)9(12)7-3-8(11(15)16)17-4-7/h3-6,9,12H,1-2H3,(H,13,14). The molecule has 2 N–H and O–H groups in total. The topological polar surface area (TPSA) is 101 Å². The van der Waals surface area contributed by atoms with Gasteiger partial charge in [-0.2, -0.15) is 0 Å². The van der Waals surface area contributed by atoms with Gasteiger partial charge in [-0.25, -0.2) is 0 Å². The molecule has 0 aliphatic carbocycles. The van der Waals surface area contributed by atoms with Crippen molar-refractivity contribution in [3.8, 4) is 0 Å². The minimum atomic E-state index is -1.01. The Morgan fingerprint density at radius 2 is 2.12 bits per heavy atom. The third kappa shape index (κ3) is 3.01. The summed E-state index contributed by atoms with van der Waals surface area (Å²) >= 11 is 0.917. The van der Waals surface area contributed by atoms with Crippen LogP contribution in [0.5, 0.6) is 0 Å². The van der Waals surface area contributed by atoms with E-state index in [1.165, 1.54) is 18.4 Å². The zero-order valence-corrected chi connectivity index (χ0v) is 10.2. The summed E-state index contributed by atoms with van der Waals surface area (Å²) in [6, 6.07) is 1.28. The molecule has 0 bridgehead atoms. The molecule has 7 heteroatoms. The molecule has 0 saturated heterocycles. The number of carboxylic acids is 1. The van der Waals surface area contributed by atoms with Gasteiger partial charge >= 0.3 is 11.0 Å². The molecule has 0 radical (unpaired) electrons. The maximum Gasteiger partial charge on any atom is 0.324 e. The van der Waals surface area contributed by atoms with Crippen LogP contribution in [0.3, 0.4) is 0 Å². The van der Waals surface area contributed by atoms with Crippen LogP contribution in [0.2, 0.25) is 0 Å². The second kappa shape index (κ2) is 5.24. The van der Waals surface area contributed by atoms with Gasteiger partial charge in [0.05, 0.1) is 16.9 Å². The van der Waals surface area contributed by atoms with Crippen LogP contribution < -0.4 is 0 Å². The van der Waals surface area contributed by atoms with Crippen molar-refractivity contribution in [1.29, 1.82) is 0 Å². The van der Waals surface area contributed by atoms with Crippen molar-refractivity contribution in [2.75, 3.05) is 0 Å². The zero-order chi connectivity index (χ0) is 13.2. The van der Waals surface area contributed by atoms with E-state index in [2.05, 4.69) is 0 Å². The van der Waals surface area contributed by atoms with Crippen LogP contribution in [0, 0.1) is 22.0 Å². The van der Waals surface area contributed by atoms with Gasteiger partial charge in [0.1, 0.15) is 0 Å². The van der Waals surface area contributed by atoms with Crippen molar-refractivity contribution >= 4 is 22.3 Å². The van der Waals surface area contributed by atoms with E-state index < -0.39 is 28.8 Å². The van der Waals surface area contributed by atoms with Crippen LogP contribution in [0.15, 0.2) is 11.4 Å². The largest absolute Gasteiger partial charge is 0.481 e. The van der Waals surface area contributed by atoms with Crippen molar-refractivity contribution in [3.05, 3.63) is 27.1 Å². The van der Waals surface area contributed by atoms with E-state index in [0.717, 1.165) is 11.3 Å². The highest BCUT2D eigenvalue weighted by molar-refractivity contribution is 7.13. The molecular weight excluding hydrogens is 246 g/mol. The predicted octanol–water partition coefficient (Wildman–Crippen LogP) is 2.05. The summed E-state index contributed by atoms with van der Waals surface area (Å²) in [4.78, 5) is 20.7. The number of hydrogen-bond acceptors (Lipinski definition) is 5. The highest BCUT2D eigenvalue weighted by atomic mass is 32.1. The average Bonchev–Trinajstić information content (AvgIpc) is 2.75. The van der Waals surface area contributed by atoms with Crippen LogP contribution in [0.25, 0.3) is 0 Å². The molecule has 1 rings (SSSR count). The lowest BCUT2D eigenvalue weighted by atomic mass is 9.88. The molecule has 1 aromatic rings. The monoisotopic (exact) mass is 259 g/mol. The fourth-order valence-electron chi connectivity index (χ4n) is 1.39. The molecule has 0 aliphatic heterocycles. The molecule has 6 nitrogen and oxygen atoms in total. The van der Waals surface area contributed by atoms with Gasteiger partial charge in [-0.05, 0) is 11.5 Å². The fourth-order valence-corrected chi connectivity index (χ4v) is 2.15. The SMILES string of the molecule is CC(C(=O)O)C(C)C(O)c1csc([N+](=O)[O-])c1. The molecule has 3 unspecified atom stereocenters. The lowest BCUT2D eigenvalue weighted by Gasteiger charge is -2.21. The number of hydrogen-bond donors (Lipinski definition) is 2. The van der Waals surface area contributed by atoms with Crippen molar-refractivity contribution < 1.29 is 19.9 Å². The molecular formula is C10H13NO5S. The van der Waals surface area contributed by atoms with Crippen LogP contribution in [0.4, 0.5) is 5.00 Å². The first-order chi connectivity index (χ1) is 7.84. The van der Waals surface area contributed by atoms with E-state index in [0.29, 0.717) is 5.56 Å². The maximum atomic E-state index is 10.8. The molecule has 3 atom stereocenters. The Bertz CT molecular complexity index is 430. The summed E-state index contributed by atoms with van der Waals surface area (Å²) < 4.78 is 0. The quantitative estimate of drug-likeness (QED) is 0.622. The van der Waals surface area contributed by atoms with Crippen LogP contribution in [0.1, 0.15) is 25.5 Å². The Morgan fingerprint density at radius 1 is 1.53 bits per heavy atom. The van der Waals surface area contributed by atoms with Crippen LogP contribution in [-0.2, 0) is 4.79 Å². The molecule has 0 spiro atoms. The van der Waals surface area contributed by atoms with E-state index in [4.69, 9.17) is 5.11 Å².